The summed E-state index contributed by atoms with van der Waals surface area (Å²) in [5.41, 5.74) is 1.72. The summed E-state index contributed by atoms with van der Waals surface area (Å²) in [6, 6.07) is 15.8. The number of halogens is 3. The topological polar surface area (TPSA) is 102 Å². The van der Waals surface area contributed by atoms with Crippen molar-refractivity contribution in [1.29, 1.82) is 0 Å². The zero-order chi connectivity index (χ0) is 32.2. The number of hydrogen-bond acceptors (Lipinski definition) is 8. The van der Waals surface area contributed by atoms with Crippen molar-refractivity contribution in [2.45, 2.75) is 70.2 Å². The van der Waals surface area contributed by atoms with Gasteiger partial charge in [-0.15, -0.1) is 0 Å². The van der Waals surface area contributed by atoms with E-state index in [0.29, 0.717) is 12.0 Å². The van der Waals surface area contributed by atoms with Crippen LogP contribution in [0.1, 0.15) is 43.9 Å². The molecule has 3 aromatic rings. The Hall–Kier alpha value is -4.32. The fraction of sp³-hybridized carbons (Fsp3) is 0.424. The average Bonchev–Trinajstić information content (AvgIpc) is 3.30. The number of aromatic nitrogens is 1. The summed E-state index contributed by atoms with van der Waals surface area (Å²) < 4.78 is 55.6. The Morgan fingerprint density at radius 2 is 1.62 bits per heavy atom. The van der Waals surface area contributed by atoms with Gasteiger partial charge in [-0.2, -0.15) is 13.2 Å². The number of alkyl halides is 3. The molecule has 0 bridgehead atoms. The first-order valence-corrected chi connectivity index (χ1v) is 14.9. The maximum absolute atomic E-state index is 13.0. The van der Waals surface area contributed by atoms with E-state index in [2.05, 4.69) is 20.5 Å². The van der Waals surface area contributed by atoms with Crippen LogP contribution in [0.25, 0.3) is 11.1 Å². The lowest BCUT2D eigenvalue weighted by molar-refractivity contribution is -0.137. The molecule has 240 valence electrons. The van der Waals surface area contributed by atoms with Gasteiger partial charge in [0.05, 0.1) is 11.6 Å². The lowest BCUT2D eigenvalue weighted by atomic mass is 9.98. The van der Waals surface area contributed by atoms with E-state index in [1.54, 1.807) is 27.0 Å². The van der Waals surface area contributed by atoms with E-state index in [-0.39, 0.29) is 19.1 Å². The minimum absolute atomic E-state index is 0.232. The van der Waals surface area contributed by atoms with Crippen LogP contribution in [0.2, 0.25) is 0 Å². The van der Waals surface area contributed by atoms with Crippen LogP contribution in [0, 0.1) is 0 Å². The van der Waals surface area contributed by atoms with Crippen molar-refractivity contribution < 1.29 is 37.0 Å². The summed E-state index contributed by atoms with van der Waals surface area (Å²) in [6.07, 6.45) is -4.26. The van der Waals surface area contributed by atoms with Crippen molar-refractivity contribution in [2.24, 2.45) is 0 Å². The lowest BCUT2D eigenvalue weighted by Gasteiger charge is -2.32. The van der Waals surface area contributed by atoms with Gasteiger partial charge in [0, 0.05) is 32.4 Å². The highest BCUT2D eigenvalue weighted by atomic mass is 19.4. The van der Waals surface area contributed by atoms with Gasteiger partial charge < -0.3 is 29.7 Å². The maximum Gasteiger partial charge on any atom is 0.509 e. The molecule has 1 amide bonds. The Bertz CT molecular complexity index is 1470. The third kappa shape index (κ3) is 8.65. The summed E-state index contributed by atoms with van der Waals surface area (Å²) in [7, 11) is 0. The standard InChI is InChI=1S/C33H37F3N4O5/c1-32(2,3)45-31(42)43-27-20-38-26(17-21-5-7-23(8-6-21)24-9-11-25(12-10-24)33(34,35)36)29(27)44-30(41)39-19-22-13-14-37-28(18-22)40-15-4-16-40/h5-14,18,26-27,29,38H,4,15-17,19-20H2,1-3H3,(H,39,41)/t26-,27+,29+/m1/s1. The van der Waals surface area contributed by atoms with Crippen LogP contribution in [0.15, 0.2) is 66.9 Å². The minimum Gasteiger partial charge on any atom is -0.441 e. The zero-order valence-electron chi connectivity index (χ0n) is 25.4. The highest BCUT2D eigenvalue weighted by Gasteiger charge is 2.42. The maximum atomic E-state index is 13.0. The summed E-state index contributed by atoms with van der Waals surface area (Å²) in [5.74, 6) is 0.865. The molecule has 12 heteroatoms. The predicted octanol–water partition coefficient (Wildman–Crippen LogP) is 6.11. The lowest BCUT2D eigenvalue weighted by Crippen LogP contribution is -2.43. The van der Waals surface area contributed by atoms with Gasteiger partial charge in [0.15, 0.2) is 12.2 Å². The number of hydrogen-bond donors (Lipinski definition) is 2. The second kappa shape index (κ2) is 13.4. The van der Waals surface area contributed by atoms with Crippen LogP contribution >= 0.6 is 0 Å². The van der Waals surface area contributed by atoms with Crippen LogP contribution in [-0.2, 0) is 33.4 Å². The molecular formula is C33H37F3N4O5. The molecule has 2 saturated heterocycles. The number of nitrogens with zero attached hydrogens (tertiary/aromatic N) is 2. The Morgan fingerprint density at radius 1 is 0.956 bits per heavy atom. The first-order valence-electron chi connectivity index (χ1n) is 14.9. The number of pyridine rings is 1. The normalized spacial score (nSPS) is 19.9. The Morgan fingerprint density at radius 3 is 2.22 bits per heavy atom. The number of nitrogens with one attached hydrogen (secondary N) is 2. The fourth-order valence-corrected chi connectivity index (χ4v) is 5.18. The summed E-state index contributed by atoms with van der Waals surface area (Å²) >= 11 is 0. The van der Waals surface area contributed by atoms with Gasteiger partial charge in [-0.25, -0.2) is 14.6 Å². The predicted molar refractivity (Wildman–Crippen MR) is 162 cm³/mol. The Kier molecular flexibility index (Phi) is 9.52. The molecule has 2 aromatic carbocycles. The number of anilines is 1. The van der Waals surface area contributed by atoms with Gasteiger partial charge in [-0.05, 0) is 80.1 Å². The molecule has 0 spiro atoms. The fourth-order valence-electron chi connectivity index (χ4n) is 5.18. The van der Waals surface area contributed by atoms with Gasteiger partial charge in [0.2, 0.25) is 0 Å². The van der Waals surface area contributed by atoms with E-state index in [1.165, 1.54) is 12.1 Å². The number of carbonyl (C=O) groups excluding carboxylic acids is 2. The smallest absolute Gasteiger partial charge is 0.441 e. The molecule has 0 aliphatic carbocycles. The molecule has 2 N–H and O–H groups in total. The molecule has 1 aromatic heterocycles. The van der Waals surface area contributed by atoms with Crippen molar-refractivity contribution in [1.82, 2.24) is 15.6 Å². The number of alkyl carbamates (subject to hydrolysis) is 1. The van der Waals surface area contributed by atoms with Crippen LogP contribution in [0.5, 0.6) is 0 Å². The molecular weight excluding hydrogens is 589 g/mol. The average molecular weight is 627 g/mol. The number of benzene rings is 2. The minimum atomic E-state index is -4.40. The monoisotopic (exact) mass is 626 g/mol. The third-order valence-electron chi connectivity index (χ3n) is 7.61. The number of carbonyl (C=O) groups is 2. The highest BCUT2D eigenvalue weighted by molar-refractivity contribution is 5.68. The molecule has 3 heterocycles. The van der Waals surface area contributed by atoms with E-state index in [9.17, 15) is 22.8 Å². The van der Waals surface area contributed by atoms with E-state index >= 15 is 0 Å². The van der Waals surface area contributed by atoms with Gasteiger partial charge >= 0.3 is 18.4 Å². The van der Waals surface area contributed by atoms with Crippen LogP contribution < -0.4 is 15.5 Å². The second-order valence-electron chi connectivity index (χ2n) is 12.2. The van der Waals surface area contributed by atoms with Gasteiger partial charge in [0.1, 0.15) is 11.4 Å². The molecule has 0 unspecified atom stereocenters. The van der Waals surface area contributed by atoms with Crippen LogP contribution in [0.4, 0.5) is 28.6 Å². The van der Waals surface area contributed by atoms with Crippen LogP contribution in [0.3, 0.4) is 0 Å². The number of ether oxygens (including phenoxy) is 3. The van der Waals surface area contributed by atoms with Gasteiger partial charge in [0.25, 0.3) is 0 Å². The first-order chi connectivity index (χ1) is 21.3. The quantitative estimate of drug-likeness (QED) is 0.289. The molecule has 45 heavy (non-hydrogen) atoms. The van der Waals surface area contributed by atoms with Crippen molar-refractivity contribution in [3.63, 3.8) is 0 Å². The van der Waals surface area contributed by atoms with Gasteiger partial charge in [-0.3, -0.25) is 0 Å². The first kappa shape index (κ1) is 32.1. The number of amides is 1. The summed E-state index contributed by atoms with van der Waals surface area (Å²) in [5, 5.41) is 6.08. The molecule has 2 aliphatic heterocycles. The Balaban J connectivity index is 1.24. The summed E-state index contributed by atoms with van der Waals surface area (Å²) in [6.45, 7) is 7.58. The second-order valence-corrected chi connectivity index (χ2v) is 12.2. The Labute approximate surface area is 260 Å². The molecule has 2 aliphatic rings. The third-order valence-corrected chi connectivity index (χ3v) is 7.61. The highest BCUT2D eigenvalue weighted by Crippen LogP contribution is 2.31. The van der Waals surface area contributed by atoms with Crippen molar-refractivity contribution >= 4 is 18.1 Å². The molecule has 0 radical (unpaired) electrons. The van der Waals surface area contributed by atoms with Crippen molar-refractivity contribution in [3.8, 4) is 11.1 Å². The molecule has 2 fully saturated rings. The zero-order valence-corrected chi connectivity index (χ0v) is 25.4. The molecule has 0 saturated carbocycles. The summed E-state index contributed by atoms with van der Waals surface area (Å²) in [4.78, 5) is 32.0. The van der Waals surface area contributed by atoms with Crippen molar-refractivity contribution in [2.75, 3.05) is 24.5 Å². The molecule has 9 nitrogen and oxygen atoms in total. The van der Waals surface area contributed by atoms with E-state index in [4.69, 9.17) is 14.2 Å². The van der Waals surface area contributed by atoms with Gasteiger partial charge in [-0.1, -0.05) is 36.4 Å². The largest absolute Gasteiger partial charge is 0.509 e. The molecule has 5 rings (SSSR count). The van der Waals surface area contributed by atoms with Crippen molar-refractivity contribution in [3.05, 3.63) is 83.6 Å². The number of rotatable bonds is 8. The van der Waals surface area contributed by atoms with E-state index in [1.807, 2.05) is 36.4 Å². The van der Waals surface area contributed by atoms with E-state index in [0.717, 1.165) is 54.2 Å². The molecule has 3 atom stereocenters. The SMILES string of the molecule is CC(C)(C)OC(=O)O[C@H]1CN[C@H](Cc2ccc(-c3ccc(C(F)(F)F)cc3)cc2)[C@@H]1OC(=O)NCc1ccnc(N2CCC2)c1. The van der Waals surface area contributed by atoms with Crippen LogP contribution in [-0.4, -0.2) is 60.7 Å². The van der Waals surface area contributed by atoms with E-state index < -0.39 is 41.8 Å².